The first-order valence-electron chi connectivity index (χ1n) is 10.8. The van der Waals surface area contributed by atoms with Gasteiger partial charge in [-0.3, -0.25) is 29.4 Å². The van der Waals surface area contributed by atoms with Gasteiger partial charge < -0.3 is 19.7 Å². The van der Waals surface area contributed by atoms with E-state index < -0.39 is 28.5 Å². The summed E-state index contributed by atoms with van der Waals surface area (Å²) in [5, 5.41) is 13.9. The molecule has 0 aromatic heterocycles. The van der Waals surface area contributed by atoms with Gasteiger partial charge in [0, 0.05) is 24.8 Å². The van der Waals surface area contributed by atoms with Crippen molar-refractivity contribution in [2.45, 2.75) is 0 Å². The standard InChI is InChI=1S/C23H21ClN4O7S/c1-34-19-5-3-15(12-16(19)24)25-21(29)13-27-22(30)20(36-23(27)31)11-14-2-4-17(18(10-14)28(32)33)26-6-8-35-9-7-26/h2-5,10-12H,6-9,13H2,1H3,(H,25,29)/b20-11-. The largest absolute Gasteiger partial charge is 0.495 e. The summed E-state index contributed by atoms with van der Waals surface area (Å²) in [5.74, 6) is -0.818. The highest BCUT2D eigenvalue weighted by molar-refractivity contribution is 8.18. The number of nitro benzene ring substituents is 1. The molecular weight excluding hydrogens is 512 g/mol. The number of thioether (sulfide) groups is 1. The van der Waals surface area contributed by atoms with Crippen molar-refractivity contribution in [2.75, 3.05) is 50.2 Å². The van der Waals surface area contributed by atoms with Crippen LogP contribution < -0.4 is 15.0 Å². The van der Waals surface area contributed by atoms with Gasteiger partial charge in [0.2, 0.25) is 5.91 Å². The summed E-state index contributed by atoms with van der Waals surface area (Å²) in [6.45, 7) is 1.52. The Bertz CT molecular complexity index is 1260. The third kappa shape index (κ3) is 5.61. The minimum atomic E-state index is -0.659. The van der Waals surface area contributed by atoms with Gasteiger partial charge in [0.25, 0.3) is 16.8 Å². The Kier molecular flexibility index (Phi) is 7.77. The molecule has 1 N–H and O–H groups in total. The number of ether oxygens (including phenoxy) is 2. The van der Waals surface area contributed by atoms with Crippen LogP contribution in [0.3, 0.4) is 0 Å². The summed E-state index contributed by atoms with van der Waals surface area (Å²) in [4.78, 5) is 51.6. The molecular formula is C23H21ClN4O7S. The van der Waals surface area contributed by atoms with Crippen molar-refractivity contribution in [2.24, 2.45) is 0 Å². The van der Waals surface area contributed by atoms with E-state index in [0.717, 1.165) is 4.90 Å². The highest BCUT2D eigenvalue weighted by Crippen LogP contribution is 2.35. The van der Waals surface area contributed by atoms with Gasteiger partial charge in [0.15, 0.2) is 0 Å². The van der Waals surface area contributed by atoms with Gasteiger partial charge >= 0.3 is 0 Å². The maximum Gasteiger partial charge on any atom is 0.294 e. The van der Waals surface area contributed by atoms with E-state index in [9.17, 15) is 24.5 Å². The van der Waals surface area contributed by atoms with Gasteiger partial charge in [-0.05, 0) is 47.7 Å². The number of halogens is 1. The molecule has 0 atom stereocenters. The van der Waals surface area contributed by atoms with Gasteiger partial charge in [0.05, 0.1) is 35.2 Å². The highest BCUT2D eigenvalue weighted by Gasteiger charge is 2.36. The van der Waals surface area contributed by atoms with E-state index in [0.29, 0.717) is 60.8 Å². The molecule has 0 aliphatic carbocycles. The molecule has 188 valence electrons. The van der Waals surface area contributed by atoms with Crippen LogP contribution in [0.15, 0.2) is 41.3 Å². The molecule has 2 aliphatic heterocycles. The number of amides is 3. The second kappa shape index (κ2) is 11.0. The molecule has 2 aromatic carbocycles. The van der Waals surface area contributed by atoms with Crippen molar-refractivity contribution in [1.29, 1.82) is 0 Å². The molecule has 2 heterocycles. The van der Waals surface area contributed by atoms with Crippen molar-refractivity contribution in [3.05, 3.63) is 62.0 Å². The van der Waals surface area contributed by atoms with E-state index in [2.05, 4.69) is 5.32 Å². The molecule has 2 fully saturated rings. The number of anilines is 2. The first kappa shape index (κ1) is 25.5. The summed E-state index contributed by atoms with van der Waals surface area (Å²) in [6.07, 6.45) is 1.40. The fourth-order valence-corrected chi connectivity index (χ4v) is 4.82. The first-order valence-corrected chi connectivity index (χ1v) is 12.0. The van der Waals surface area contributed by atoms with E-state index in [-0.39, 0.29) is 15.6 Å². The van der Waals surface area contributed by atoms with Crippen molar-refractivity contribution < 1.29 is 28.8 Å². The van der Waals surface area contributed by atoms with Crippen LogP contribution in [0.5, 0.6) is 5.75 Å². The Balaban J connectivity index is 1.47. The molecule has 0 spiro atoms. The maximum atomic E-state index is 12.8. The van der Waals surface area contributed by atoms with Crippen LogP contribution in [0.25, 0.3) is 6.08 Å². The van der Waals surface area contributed by atoms with Crippen molar-refractivity contribution >= 4 is 63.6 Å². The lowest BCUT2D eigenvalue weighted by Gasteiger charge is -2.28. The fourth-order valence-electron chi connectivity index (χ4n) is 3.72. The Labute approximate surface area is 215 Å². The average Bonchev–Trinajstić information content (AvgIpc) is 3.11. The molecule has 36 heavy (non-hydrogen) atoms. The van der Waals surface area contributed by atoms with Crippen LogP contribution in [0, 0.1) is 10.1 Å². The molecule has 2 saturated heterocycles. The number of carbonyl (C=O) groups excluding carboxylic acids is 3. The van der Waals surface area contributed by atoms with Crippen LogP contribution in [0.4, 0.5) is 21.9 Å². The van der Waals surface area contributed by atoms with Gasteiger partial charge in [0.1, 0.15) is 18.0 Å². The lowest BCUT2D eigenvalue weighted by Crippen LogP contribution is -2.36. The maximum absolute atomic E-state index is 12.8. The summed E-state index contributed by atoms with van der Waals surface area (Å²) in [7, 11) is 1.46. The number of rotatable bonds is 7. The molecule has 2 aromatic rings. The summed E-state index contributed by atoms with van der Waals surface area (Å²) >= 11 is 6.72. The summed E-state index contributed by atoms with van der Waals surface area (Å²) < 4.78 is 10.4. The molecule has 3 amide bonds. The van der Waals surface area contributed by atoms with E-state index in [4.69, 9.17) is 21.1 Å². The lowest BCUT2D eigenvalue weighted by atomic mass is 10.1. The zero-order valence-corrected chi connectivity index (χ0v) is 20.6. The normalized spacial score (nSPS) is 17.0. The van der Waals surface area contributed by atoms with Crippen LogP contribution in [-0.2, 0) is 14.3 Å². The zero-order valence-electron chi connectivity index (χ0n) is 19.1. The van der Waals surface area contributed by atoms with Gasteiger partial charge in [-0.2, -0.15) is 0 Å². The van der Waals surface area contributed by atoms with E-state index in [1.807, 2.05) is 4.90 Å². The first-order chi connectivity index (χ1) is 17.3. The predicted molar refractivity (Wildman–Crippen MR) is 135 cm³/mol. The third-order valence-electron chi connectivity index (χ3n) is 5.46. The van der Waals surface area contributed by atoms with Gasteiger partial charge in [-0.25, -0.2) is 0 Å². The second-order valence-corrected chi connectivity index (χ2v) is 9.17. The van der Waals surface area contributed by atoms with Gasteiger partial charge in [-0.15, -0.1) is 0 Å². The number of carbonyl (C=O) groups is 3. The molecule has 2 aliphatic rings. The Morgan fingerprint density at radius 2 is 2.00 bits per heavy atom. The minimum absolute atomic E-state index is 0.0636. The predicted octanol–water partition coefficient (Wildman–Crippen LogP) is 3.77. The monoisotopic (exact) mass is 532 g/mol. The Morgan fingerprint density at radius 3 is 2.67 bits per heavy atom. The smallest absolute Gasteiger partial charge is 0.294 e. The number of benzene rings is 2. The number of nitrogens with one attached hydrogen (secondary N) is 1. The molecule has 4 rings (SSSR count). The Hall–Kier alpha value is -3.61. The van der Waals surface area contributed by atoms with Crippen LogP contribution in [-0.4, -0.2) is 66.8 Å². The molecule has 0 unspecified atom stereocenters. The molecule has 11 nitrogen and oxygen atoms in total. The number of imide groups is 1. The molecule has 0 saturated carbocycles. The highest BCUT2D eigenvalue weighted by atomic mass is 35.5. The van der Waals surface area contributed by atoms with Crippen LogP contribution in [0.1, 0.15) is 5.56 Å². The van der Waals surface area contributed by atoms with Crippen molar-refractivity contribution in [3.63, 3.8) is 0 Å². The number of morpholine rings is 1. The van der Waals surface area contributed by atoms with Crippen molar-refractivity contribution in [1.82, 2.24) is 4.90 Å². The number of hydrogen-bond acceptors (Lipinski definition) is 9. The number of nitrogens with zero attached hydrogens (tertiary/aromatic N) is 3. The van der Waals surface area contributed by atoms with E-state index >= 15 is 0 Å². The quantitative estimate of drug-likeness (QED) is 0.321. The molecule has 13 heteroatoms. The summed E-state index contributed by atoms with van der Waals surface area (Å²) in [5.41, 5.74) is 1.12. The van der Waals surface area contributed by atoms with E-state index in [1.165, 1.54) is 25.3 Å². The molecule has 0 radical (unpaired) electrons. The SMILES string of the molecule is COc1ccc(NC(=O)CN2C(=O)S/C(=C\c3ccc(N4CCOCC4)c([N+](=O)[O-])c3)C2=O)cc1Cl. The topological polar surface area (TPSA) is 131 Å². The fraction of sp³-hybridized carbons (Fsp3) is 0.261. The Morgan fingerprint density at radius 1 is 1.25 bits per heavy atom. The average molecular weight is 533 g/mol. The number of methoxy groups -OCH3 is 1. The minimum Gasteiger partial charge on any atom is -0.495 e. The molecule has 0 bridgehead atoms. The van der Waals surface area contributed by atoms with Crippen LogP contribution in [0.2, 0.25) is 5.02 Å². The summed E-state index contributed by atoms with van der Waals surface area (Å²) in [6, 6.07) is 9.26. The third-order valence-corrected chi connectivity index (χ3v) is 6.66. The van der Waals surface area contributed by atoms with Gasteiger partial charge in [-0.1, -0.05) is 17.7 Å². The van der Waals surface area contributed by atoms with E-state index in [1.54, 1.807) is 24.3 Å². The van der Waals surface area contributed by atoms with Crippen LogP contribution >= 0.6 is 23.4 Å². The number of nitro groups is 1. The van der Waals surface area contributed by atoms with Crippen molar-refractivity contribution in [3.8, 4) is 5.75 Å². The zero-order chi connectivity index (χ0) is 25.8. The second-order valence-electron chi connectivity index (χ2n) is 7.77. The lowest BCUT2D eigenvalue weighted by molar-refractivity contribution is -0.384. The number of hydrogen-bond donors (Lipinski definition) is 1.